The third kappa shape index (κ3) is 1.77. The molecule has 3 nitrogen and oxygen atoms in total. The molecule has 0 aliphatic carbocycles. The van der Waals surface area contributed by atoms with E-state index in [2.05, 4.69) is 47.1 Å². The Morgan fingerprint density at radius 1 is 1.10 bits per heavy atom. The molecule has 2 aromatic carbocycles. The van der Waals surface area contributed by atoms with Gasteiger partial charge in [0, 0.05) is 23.5 Å². The zero-order valence-corrected chi connectivity index (χ0v) is 11.8. The fraction of sp³-hybridized carbons (Fsp3) is 0.167. The highest BCUT2D eigenvalue weighted by Gasteiger charge is 2.25. The summed E-state index contributed by atoms with van der Waals surface area (Å²) in [4.78, 5) is 12.1. The molecule has 0 bridgehead atoms. The molecule has 0 saturated heterocycles. The molecule has 1 N–H and O–H groups in total. The number of para-hydroxylation sites is 1. The van der Waals surface area contributed by atoms with E-state index in [9.17, 15) is 4.79 Å². The normalized spacial score (nSPS) is 17.6. The van der Waals surface area contributed by atoms with Gasteiger partial charge in [0.05, 0.1) is 5.52 Å². The van der Waals surface area contributed by atoms with Crippen LogP contribution in [0, 0.1) is 0 Å². The van der Waals surface area contributed by atoms with Crippen molar-refractivity contribution < 1.29 is 4.79 Å². The number of benzene rings is 2. The van der Waals surface area contributed by atoms with Gasteiger partial charge < -0.3 is 9.88 Å². The first-order valence-electron chi connectivity index (χ1n) is 7.23. The monoisotopic (exact) mass is 276 g/mol. The number of nitrogens with one attached hydrogen (secondary N) is 1. The highest BCUT2D eigenvalue weighted by atomic mass is 16.2. The predicted molar refractivity (Wildman–Crippen MR) is 84.4 cm³/mol. The molecule has 2 heterocycles. The molecule has 0 saturated carbocycles. The molecule has 3 aromatic rings. The lowest BCUT2D eigenvalue weighted by atomic mass is 10.0. The summed E-state index contributed by atoms with van der Waals surface area (Å²) in [6.45, 7) is 2.82. The molecular weight excluding hydrogens is 260 g/mol. The van der Waals surface area contributed by atoms with Crippen molar-refractivity contribution in [2.45, 2.75) is 13.0 Å². The maximum Gasteiger partial charge on any atom is 0.268 e. The van der Waals surface area contributed by atoms with Crippen LogP contribution in [0.15, 0.2) is 54.6 Å². The molecular formula is C18H16N2O. The van der Waals surface area contributed by atoms with Crippen LogP contribution in [0.3, 0.4) is 0 Å². The molecule has 1 aliphatic heterocycles. The smallest absolute Gasteiger partial charge is 0.268 e. The topological polar surface area (TPSA) is 34.0 Å². The summed E-state index contributed by atoms with van der Waals surface area (Å²) in [6.07, 6.45) is 0. The Kier molecular flexibility index (Phi) is 2.61. The van der Waals surface area contributed by atoms with Gasteiger partial charge in [0.25, 0.3) is 5.91 Å². The average molecular weight is 276 g/mol. The number of rotatable bonds is 1. The zero-order chi connectivity index (χ0) is 14.4. The van der Waals surface area contributed by atoms with Crippen LogP contribution in [0.2, 0.25) is 0 Å². The largest absolute Gasteiger partial charge is 0.349 e. The molecule has 21 heavy (non-hydrogen) atoms. The van der Waals surface area contributed by atoms with Crippen LogP contribution in [0.5, 0.6) is 0 Å². The number of carbonyl (C=O) groups excluding carboxylic acids is 1. The number of amides is 1. The van der Waals surface area contributed by atoms with Crippen LogP contribution in [-0.4, -0.2) is 17.0 Å². The van der Waals surface area contributed by atoms with Crippen LogP contribution < -0.4 is 5.32 Å². The minimum Gasteiger partial charge on any atom is -0.349 e. The summed E-state index contributed by atoms with van der Waals surface area (Å²) in [6, 6.07) is 18.9. The lowest BCUT2D eigenvalue weighted by molar-refractivity contribution is 0.0919. The Labute approximate surface area is 123 Å². The highest BCUT2D eigenvalue weighted by Crippen LogP contribution is 2.34. The van der Waals surface area contributed by atoms with E-state index in [1.807, 2.05) is 24.3 Å². The number of hydrogen-bond donors (Lipinski definition) is 1. The molecule has 0 radical (unpaired) electrons. The summed E-state index contributed by atoms with van der Waals surface area (Å²) in [7, 11) is 0. The molecule has 3 heteroatoms. The lowest BCUT2D eigenvalue weighted by Crippen LogP contribution is -2.37. The van der Waals surface area contributed by atoms with Crippen LogP contribution in [0.25, 0.3) is 22.0 Å². The summed E-state index contributed by atoms with van der Waals surface area (Å²) in [5, 5.41) is 4.07. The van der Waals surface area contributed by atoms with E-state index in [1.54, 1.807) is 0 Å². The molecule has 1 aliphatic rings. The molecule has 1 unspecified atom stereocenters. The van der Waals surface area contributed by atoms with Crippen LogP contribution in [-0.2, 0) is 0 Å². The van der Waals surface area contributed by atoms with E-state index in [0.717, 1.165) is 16.6 Å². The molecule has 1 atom stereocenters. The van der Waals surface area contributed by atoms with Gasteiger partial charge in [0.2, 0.25) is 0 Å². The van der Waals surface area contributed by atoms with Crippen molar-refractivity contribution in [3.8, 4) is 11.1 Å². The minimum absolute atomic E-state index is 0.0170. The van der Waals surface area contributed by atoms with E-state index in [4.69, 9.17) is 0 Å². The number of fused-ring (bicyclic) bond motifs is 3. The summed E-state index contributed by atoms with van der Waals surface area (Å²) >= 11 is 0. The van der Waals surface area contributed by atoms with E-state index >= 15 is 0 Å². The van der Waals surface area contributed by atoms with Gasteiger partial charge in [-0.3, -0.25) is 4.79 Å². The van der Waals surface area contributed by atoms with Crippen molar-refractivity contribution in [1.29, 1.82) is 0 Å². The number of hydrogen-bond acceptors (Lipinski definition) is 1. The Balaban J connectivity index is 2.08. The Hall–Kier alpha value is -2.55. The summed E-state index contributed by atoms with van der Waals surface area (Å²) in [5.74, 6) is 0.0170. The lowest BCUT2D eigenvalue weighted by Gasteiger charge is -2.25. The van der Waals surface area contributed by atoms with Crippen molar-refractivity contribution in [3.05, 3.63) is 60.3 Å². The Morgan fingerprint density at radius 3 is 2.71 bits per heavy atom. The second-order valence-corrected chi connectivity index (χ2v) is 5.57. The molecule has 4 rings (SSSR count). The van der Waals surface area contributed by atoms with Crippen LogP contribution >= 0.6 is 0 Å². The van der Waals surface area contributed by atoms with E-state index < -0.39 is 0 Å². The minimum atomic E-state index is 0.0170. The molecule has 104 valence electrons. The van der Waals surface area contributed by atoms with Crippen molar-refractivity contribution in [1.82, 2.24) is 9.88 Å². The van der Waals surface area contributed by atoms with Gasteiger partial charge in [-0.15, -0.1) is 0 Å². The van der Waals surface area contributed by atoms with Gasteiger partial charge in [0.1, 0.15) is 5.69 Å². The fourth-order valence-electron chi connectivity index (χ4n) is 3.19. The highest BCUT2D eigenvalue weighted by molar-refractivity contribution is 6.03. The third-order valence-electron chi connectivity index (χ3n) is 4.18. The van der Waals surface area contributed by atoms with Crippen molar-refractivity contribution in [2.24, 2.45) is 0 Å². The number of nitrogens with zero attached hydrogens (tertiary/aromatic N) is 1. The molecule has 0 fully saturated rings. The first-order chi connectivity index (χ1) is 10.3. The Bertz CT molecular complexity index is 833. The third-order valence-corrected chi connectivity index (χ3v) is 4.18. The van der Waals surface area contributed by atoms with Crippen LogP contribution in [0.4, 0.5) is 0 Å². The second kappa shape index (κ2) is 4.48. The number of carbonyl (C=O) groups is 1. The predicted octanol–water partition coefficient (Wildman–Crippen LogP) is 3.61. The standard InChI is InChI=1S/C18H16N2O/c1-12-11-19-18(21)16-10-14-8-5-9-15(17(14)20(12)16)13-6-3-2-4-7-13/h2-10,12H,11H2,1H3,(H,19,21). The molecule has 1 aromatic heterocycles. The van der Waals surface area contributed by atoms with Gasteiger partial charge in [0.15, 0.2) is 0 Å². The summed E-state index contributed by atoms with van der Waals surface area (Å²) < 4.78 is 2.18. The first-order valence-corrected chi connectivity index (χ1v) is 7.23. The van der Waals surface area contributed by atoms with Crippen molar-refractivity contribution in [3.63, 3.8) is 0 Å². The SMILES string of the molecule is CC1CNC(=O)c2cc3cccc(-c4ccccc4)c3n21. The van der Waals surface area contributed by atoms with E-state index in [-0.39, 0.29) is 11.9 Å². The molecule has 1 amide bonds. The fourth-order valence-corrected chi connectivity index (χ4v) is 3.19. The van der Waals surface area contributed by atoms with Crippen molar-refractivity contribution >= 4 is 16.8 Å². The molecule has 0 spiro atoms. The van der Waals surface area contributed by atoms with E-state index in [1.165, 1.54) is 11.1 Å². The van der Waals surface area contributed by atoms with Crippen molar-refractivity contribution in [2.75, 3.05) is 6.54 Å². The van der Waals surface area contributed by atoms with E-state index in [0.29, 0.717) is 6.54 Å². The van der Waals surface area contributed by atoms with Crippen LogP contribution in [0.1, 0.15) is 23.5 Å². The zero-order valence-electron chi connectivity index (χ0n) is 11.8. The second-order valence-electron chi connectivity index (χ2n) is 5.57. The quantitative estimate of drug-likeness (QED) is 0.723. The average Bonchev–Trinajstić information content (AvgIpc) is 2.92. The van der Waals surface area contributed by atoms with Gasteiger partial charge in [-0.25, -0.2) is 0 Å². The van der Waals surface area contributed by atoms with Gasteiger partial charge in [-0.05, 0) is 18.6 Å². The Morgan fingerprint density at radius 2 is 1.90 bits per heavy atom. The first kappa shape index (κ1) is 12.2. The van der Waals surface area contributed by atoms with Gasteiger partial charge >= 0.3 is 0 Å². The maximum atomic E-state index is 12.1. The summed E-state index contributed by atoms with van der Waals surface area (Å²) in [5.41, 5.74) is 4.27. The van der Waals surface area contributed by atoms with Gasteiger partial charge in [-0.1, -0.05) is 48.5 Å². The van der Waals surface area contributed by atoms with Gasteiger partial charge in [-0.2, -0.15) is 0 Å². The maximum absolute atomic E-state index is 12.1. The number of aromatic nitrogens is 1.